The molecule has 0 aliphatic rings. The number of carbonyl (C=O) groups excluding carboxylic acids is 1. The third-order valence-electron chi connectivity index (χ3n) is 1.59. The topological polar surface area (TPSA) is 68.0 Å². The lowest BCUT2D eigenvalue weighted by molar-refractivity contribution is -0.122. The SMILES string of the molecule is C[C@H](N)C(=O)N[C@@H](C)c1nccs1. The van der Waals surface area contributed by atoms with E-state index >= 15 is 0 Å². The maximum Gasteiger partial charge on any atom is 0.237 e. The molecular weight excluding hydrogens is 186 g/mol. The van der Waals surface area contributed by atoms with E-state index in [0.29, 0.717) is 0 Å². The van der Waals surface area contributed by atoms with Gasteiger partial charge in [-0.3, -0.25) is 4.79 Å². The number of aromatic nitrogens is 1. The average molecular weight is 199 g/mol. The van der Waals surface area contributed by atoms with Gasteiger partial charge in [0.25, 0.3) is 0 Å². The fraction of sp³-hybridized carbons (Fsp3) is 0.500. The highest BCUT2D eigenvalue weighted by atomic mass is 32.1. The summed E-state index contributed by atoms with van der Waals surface area (Å²) in [5, 5.41) is 5.54. The number of nitrogens with zero attached hydrogens (tertiary/aromatic N) is 1. The van der Waals surface area contributed by atoms with Gasteiger partial charge in [0.15, 0.2) is 0 Å². The Kier molecular flexibility index (Phi) is 3.39. The van der Waals surface area contributed by atoms with Gasteiger partial charge in [-0.05, 0) is 13.8 Å². The molecule has 1 aromatic heterocycles. The van der Waals surface area contributed by atoms with Crippen LogP contribution in [0.15, 0.2) is 11.6 Å². The van der Waals surface area contributed by atoms with Crippen LogP contribution in [0.5, 0.6) is 0 Å². The van der Waals surface area contributed by atoms with Gasteiger partial charge < -0.3 is 11.1 Å². The molecule has 4 nitrogen and oxygen atoms in total. The Morgan fingerprint density at radius 3 is 2.85 bits per heavy atom. The Hall–Kier alpha value is -0.940. The van der Waals surface area contributed by atoms with Crippen molar-refractivity contribution in [2.75, 3.05) is 0 Å². The van der Waals surface area contributed by atoms with Crippen molar-refractivity contribution in [1.29, 1.82) is 0 Å². The van der Waals surface area contributed by atoms with E-state index in [1.54, 1.807) is 13.1 Å². The number of nitrogens with one attached hydrogen (secondary N) is 1. The van der Waals surface area contributed by atoms with E-state index < -0.39 is 6.04 Å². The van der Waals surface area contributed by atoms with E-state index in [1.165, 1.54) is 11.3 Å². The lowest BCUT2D eigenvalue weighted by Crippen LogP contribution is -2.39. The van der Waals surface area contributed by atoms with Gasteiger partial charge in [-0.2, -0.15) is 0 Å². The van der Waals surface area contributed by atoms with E-state index in [9.17, 15) is 4.79 Å². The smallest absolute Gasteiger partial charge is 0.237 e. The standard InChI is InChI=1S/C8H13N3OS/c1-5(9)7(12)11-6(2)8-10-3-4-13-8/h3-6H,9H2,1-2H3,(H,11,12)/t5-,6-/m0/s1. The molecule has 0 radical (unpaired) electrons. The predicted octanol–water partition coefficient (Wildman–Crippen LogP) is 0.667. The Bertz CT molecular complexity index is 271. The zero-order valence-corrected chi connectivity index (χ0v) is 8.47. The summed E-state index contributed by atoms with van der Waals surface area (Å²) in [4.78, 5) is 15.3. The van der Waals surface area contributed by atoms with Gasteiger partial charge in [0.2, 0.25) is 5.91 Å². The molecule has 0 saturated carbocycles. The zero-order chi connectivity index (χ0) is 9.84. The lowest BCUT2D eigenvalue weighted by Gasteiger charge is -2.12. The van der Waals surface area contributed by atoms with E-state index in [4.69, 9.17) is 5.73 Å². The van der Waals surface area contributed by atoms with E-state index in [-0.39, 0.29) is 11.9 Å². The van der Waals surface area contributed by atoms with Crippen molar-refractivity contribution in [2.24, 2.45) is 5.73 Å². The summed E-state index contributed by atoms with van der Waals surface area (Å²) in [5.74, 6) is -0.150. The van der Waals surface area contributed by atoms with Gasteiger partial charge in [-0.25, -0.2) is 4.98 Å². The minimum Gasteiger partial charge on any atom is -0.346 e. The first-order valence-electron chi connectivity index (χ1n) is 4.06. The molecule has 3 N–H and O–H groups in total. The van der Waals surface area contributed by atoms with Crippen LogP contribution in [-0.4, -0.2) is 16.9 Å². The summed E-state index contributed by atoms with van der Waals surface area (Å²) in [6.45, 7) is 3.54. The molecule has 13 heavy (non-hydrogen) atoms. The van der Waals surface area contributed by atoms with Gasteiger partial charge in [0.05, 0.1) is 12.1 Å². The molecule has 1 amide bonds. The maximum atomic E-state index is 11.2. The molecule has 0 unspecified atom stereocenters. The second kappa shape index (κ2) is 4.34. The van der Waals surface area contributed by atoms with Crippen molar-refractivity contribution in [2.45, 2.75) is 25.9 Å². The molecule has 1 heterocycles. The summed E-state index contributed by atoms with van der Waals surface area (Å²) < 4.78 is 0. The minimum atomic E-state index is -0.470. The summed E-state index contributed by atoms with van der Waals surface area (Å²) in [6, 6.07) is -0.527. The number of amides is 1. The number of rotatable bonds is 3. The minimum absolute atomic E-state index is 0.0569. The first-order valence-corrected chi connectivity index (χ1v) is 4.94. The highest BCUT2D eigenvalue weighted by Gasteiger charge is 2.13. The fourth-order valence-electron chi connectivity index (χ4n) is 0.855. The third-order valence-corrected chi connectivity index (χ3v) is 2.55. The quantitative estimate of drug-likeness (QED) is 0.751. The molecule has 0 aliphatic heterocycles. The maximum absolute atomic E-state index is 11.2. The first kappa shape index (κ1) is 10.1. The Morgan fingerprint density at radius 2 is 2.38 bits per heavy atom. The third kappa shape index (κ3) is 2.78. The molecule has 0 aliphatic carbocycles. The van der Waals surface area contributed by atoms with E-state index in [0.717, 1.165) is 5.01 Å². The van der Waals surface area contributed by atoms with Crippen LogP contribution in [0.2, 0.25) is 0 Å². The van der Waals surface area contributed by atoms with Crippen LogP contribution >= 0.6 is 11.3 Å². The molecule has 1 rings (SSSR count). The van der Waals surface area contributed by atoms with E-state index in [1.807, 2.05) is 12.3 Å². The van der Waals surface area contributed by atoms with Crippen LogP contribution in [0.3, 0.4) is 0 Å². The van der Waals surface area contributed by atoms with Crippen molar-refractivity contribution >= 4 is 17.2 Å². The number of nitrogens with two attached hydrogens (primary N) is 1. The molecule has 72 valence electrons. The van der Waals surface area contributed by atoms with Crippen LogP contribution in [0.4, 0.5) is 0 Å². The summed E-state index contributed by atoms with van der Waals surface area (Å²) in [7, 11) is 0. The lowest BCUT2D eigenvalue weighted by atomic mass is 10.3. The zero-order valence-electron chi connectivity index (χ0n) is 7.65. The highest BCUT2D eigenvalue weighted by molar-refractivity contribution is 7.09. The summed E-state index contributed by atoms with van der Waals surface area (Å²) in [5.41, 5.74) is 5.41. The predicted molar refractivity (Wildman–Crippen MR) is 52.3 cm³/mol. The van der Waals surface area contributed by atoms with Gasteiger partial charge in [0.1, 0.15) is 5.01 Å². The van der Waals surface area contributed by atoms with Gasteiger partial charge >= 0.3 is 0 Å². The van der Waals surface area contributed by atoms with Crippen molar-refractivity contribution in [3.63, 3.8) is 0 Å². The van der Waals surface area contributed by atoms with Crippen molar-refractivity contribution in [3.05, 3.63) is 16.6 Å². The second-order valence-electron chi connectivity index (χ2n) is 2.89. The summed E-state index contributed by atoms with van der Waals surface area (Å²) in [6.07, 6.45) is 1.72. The van der Waals surface area contributed by atoms with Crippen molar-refractivity contribution in [3.8, 4) is 0 Å². The van der Waals surface area contributed by atoms with Crippen LogP contribution in [-0.2, 0) is 4.79 Å². The molecule has 2 atom stereocenters. The summed E-state index contributed by atoms with van der Waals surface area (Å²) >= 11 is 1.52. The second-order valence-corrected chi connectivity index (χ2v) is 3.82. The number of thiazole rings is 1. The number of hydrogen-bond acceptors (Lipinski definition) is 4. The fourth-order valence-corrected chi connectivity index (χ4v) is 1.50. The number of carbonyl (C=O) groups is 1. The number of hydrogen-bond donors (Lipinski definition) is 2. The van der Waals surface area contributed by atoms with Crippen molar-refractivity contribution in [1.82, 2.24) is 10.3 Å². The normalized spacial score (nSPS) is 15.0. The van der Waals surface area contributed by atoms with Crippen LogP contribution in [0, 0.1) is 0 Å². The van der Waals surface area contributed by atoms with E-state index in [2.05, 4.69) is 10.3 Å². The Balaban J connectivity index is 2.51. The molecule has 5 heteroatoms. The van der Waals surface area contributed by atoms with Gasteiger partial charge in [0, 0.05) is 11.6 Å². The molecule has 1 aromatic rings. The van der Waals surface area contributed by atoms with Gasteiger partial charge in [-0.15, -0.1) is 11.3 Å². The molecule has 0 fully saturated rings. The largest absolute Gasteiger partial charge is 0.346 e. The van der Waals surface area contributed by atoms with Crippen LogP contribution < -0.4 is 11.1 Å². The molecule has 0 aromatic carbocycles. The van der Waals surface area contributed by atoms with Gasteiger partial charge in [-0.1, -0.05) is 0 Å². The molecule has 0 bridgehead atoms. The molecule has 0 spiro atoms. The van der Waals surface area contributed by atoms with Crippen LogP contribution in [0.25, 0.3) is 0 Å². The van der Waals surface area contributed by atoms with Crippen LogP contribution in [0.1, 0.15) is 24.9 Å². The first-order chi connectivity index (χ1) is 6.11. The highest BCUT2D eigenvalue weighted by Crippen LogP contribution is 2.14. The Labute approximate surface area is 81.2 Å². The monoisotopic (exact) mass is 199 g/mol. The van der Waals surface area contributed by atoms with Crippen molar-refractivity contribution < 1.29 is 4.79 Å². The molecule has 0 saturated heterocycles. The Morgan fingerprint density at radius 1 is 1.69 bits per heavy atom. The molecular formula is C8H13N3OS. The average Bonchev–Trinajstić information content (AvgIpc) is 2.55.